The highest BCUT2D eigenvalue weighted by molar-refractivity contribution is 6.29. The number of pyridine rings is 1. The Balaban J connectivity index is 2.39. The average molecular weight is 208 g/mol. The van der Waals surface area contributed by atoms with Gasteiger partial charge in [-0.15, -0.1) is 0 Å². The van der Waals surface area contributed by atoms with Crippen molar-refractivity contribution < 1.29 is 0 Å². The molecule has 0 spiro atoms. The first-order valence-corrected chi connectivity index (χ1v) is 5.39. The molecular weight excluding hydrogens is 194 g/mol. The third-order valence-corrected chi connectivity index (χ3v) is 2.92. The lowest BCUT2D eigenvalue weighted by molar-refractivity contribution is 1.12. The third kappa shape index (κ3) is 1.83. The average Bonchev–Trinajstić information content (AvgIpc) is 2.93. The molecule has 0 unspecified atom stereocenters. The Morgan fingerprint density at radius 1 is 1.57 bits per heavy atom. The molecular formula is C12H14ClN. The molecule has 2 rings (SSSR count). The highest BCUT2D eigenvalue weighted by atomic mass is 35.5. The summed E-state index contributed by atoms with van der Waals surface area (Å²) in [6.45, 7) is 4.19. The van der Waals surface area contributed by atoms with Crippen LogP contribution >= 0.6 is 11.6 Å². The van der Waals surface area contributed by atoms with Crippen LogP contribution in [0.1, 0.15) is 30.9 Å². The van der Waals surface area contributed by atoms with E-state index in [-0.39, 0.29) is 0 Å². The highest BCUT2D eigenvalue weighted by Crippen LogP contribution is 2.42. The molecule has 2 heteroatoms. The fourth-order valence-electron chi connectivity index (χ4n) is 1.83. The lowest BCUT2D eigenvalue weighted by Gasteiger charge is -2.08. The van der Waals surface area contributed by atoms with Gasteiger partial charge >= 0.3 is 0 Å². The SMILES string of the molecule is CC=C(c1cnc(Cl)cc1C)C1CC1. The highest BCUT2D eigenvalue weighted by Gasteiger charge is 2.27. The summed E-state index contributed by atoms with van der Waals surface area (Å²) in [6, 6.07) is 1.93. The second-order valence-corrected chi connectivity index (χ2v) is 4.23. The molecule has 1 aliphatic carbocycles. The molecule has 0 aliphatic heterocycles. The van der Waals surface area contributed by atoms with Gasteiger partial charge in [0.25, 0.3) is 0 Å². The van der Waals surface area contributed by atoms with Gasteiger partial charge in [0.2, 0.25) is 0 Å². The predicted octanol–water partition coefficient (Wildman–Crippen LogP) is 3.86. The smallest absolute Gasteiger partial charge is 0.129 e. The number of allylic oxidation sites excluding steroid dienone is 2. The maximum atomic E-state index is 5.83. The summed E-state index contributed by atoms with van der Waals surface area (Å²) in [5.41, 5.74) is 3.93. The molecule has 0 atom stereocenters. The quantitative estimate of drug-likeness (QED) is 0.672. The Morgan fingerprint density at radius 2 is 2.29 bits per heavy atom. The van der Waals surface area contributed by atoms with E-state index in [2.05, 4.69) is 24.9 Å². The van der Waals surface area contributed by atoms with Crippen LogP contribution in [-0.4, -0.2) is 4.98 Å². The van der Waals surface area contributed by atoms with E-state index in [9.17, 15) is 0 Å². The lowest BCUT2D eigenvalue weighted by Crippen LogP contribution is -1.92. The standard InChI is InChI=1S/C12H14ClN/c1-3-10(9-4-5-9)11-7-14-12(13)6-8(11)2/h3,6-7,9H,4-5H2,1-2H3. The zero-order chi connectivity index (χ0) is 10.1. The van der Waals surface area contributed by atoms with E-state index in [1.807, 2.05) is 12.3 Å². The molecule has 0 bridgehead atoms. The van der Waals surface area contributed by atoms with Crippen LogP contribution < -0.4 is 0 Å². The first-order valence-electron chi connectivity index (χ1n) is 5.01. The summed E-state index contributed by atoms with van der Waals surface area (Å²) in [7, 11) is 0. The summed E-state index contributed by atoms with van der Waals surface area (Å²) >= 11 is 5.83. The lowest BCUT2D eigenvalue weighted by atomic mass is 9.99. The van der Waals surface area contributed by atoms with Gasteiger partial charge in [-0.05, 0) is 55.4 Å². The van der Waals surface area contributed by atoms with Gasteiger partial charge in [-0.1, -0.05) is 17.7 Å². The van der Waals surface area contributed by atoms with Crippen LogP contribution in [0.4, 0.5) is 0 Å². The van der Waals surface area contributed by atoms with Gasteiger partial charge in [-0.25, -0.2) is 4.98 Å². The summed E-state index contributed by atoms with van der Waals surface area (Å²) < 4.78 is 0. The van der Waals surface area contributed by atoms with Crippen molar-refractivity contribution in [2.45, 2.75) is 26.7 Å². The second-order valence-electron chi connectivity index (χ2n) is 3.84. The summed E-state index contributed by atoms with van der Waals surface area (Å²) in [6.07, 6.45) is 6.74. The number of halogens is 1. The van der Waals surface area contributed by atoms with Crippen molar-refractivity contribution in [1.29, 1.82) is 0 Å². The van der Waals surface area contributed by atoms with Gasteiger partial charge in [-0.3, -0.25) is 0 Å². The minimum atomic E-state index is 0.581. The Kier molecular flexibility index (Phi) is 2.60. The normalized spacial score (nSPS) is 17.2. The maximum Gasteiger partial charge on any atom is 0.129 e. The zero-order valence-corrected chi connectivity index (χ0v) is 9.30. The van der Waals surface area contributed by atoms with Gasteiger partial charge < -0.3 is 0 Å². The van der Waals surface area contributed by atoms with Crippen molar-refractivity contribution in [3.05, 3.63) is 34.6 Å². The summed E-state index contributed by atoms with van der Waals surface area (Å²) in [5, 5.41) is 0.581. The van der Waals surface area contributed by atoms with Crippen molar-refractivity contribution in [2.24, 2.45) is 5.92 Å². The van der Waals surface area contributed by atoms with E-state index in [0.29, 0.717) is 5.15 Å². The molecule has 0 amide bonds. The predicted molar refractivity (Wildman–Crippen MR) is 60.4 cm³/mol. The fraction of sp³-hybridized carbons (Fsp3) is 0.417. The van der Waals surface area contributed by atoms with Gasteiger partial charge in [0.15, 0.2) is 0 Å². The Morgan fingerprint density at radius 3 is 2.79 bits per heavy atom. The van der Waals surface area contributed by atoms with E-state index in [1.165, 1.54) is 29.5 Å². The number of hydrogen-bond donors (Lipinski definition) is 0. The number of rotatable bonds is 2. The van der Waals surface area contributed by atoms with Crippen LogP contribution in [0.5, 0.6) is 0 Å². The largest absolute Gasteiger partial charge is 0.244 e. The maximum absolute atomic E-state index is 5.83. The van der Waals surface area contributed by atoms with E-state index in [4.69, 9.17) is 11.6 Å². The van der Waals surface area contributed by atoms with Crippen molar-refractivity contribution in [3.8, 4) is 0 Å². The van der Waals surface area contributed by atoms with Crippen LogP contribution in [0, 0.1) is 12.8 Å². The number of nitrogens with zero attached hydrogens (tertiary/aromatic N) is 1. The van der Waals surface area contributed by atoms with Crippen molar-refractivity contribution in [3.63, 3.8) is 0 Å². The second kappa shape index (κ2) is 3.74. The van der Waals surface area contributed by atoms with Gasteiger partial charge in [0.05, 0.1) is 0 Å². The number of hydrogen-bond acceptors (Lipinski definition) is 1. The van der Waals surface area contributed by atoms with Crippen LogP contribution in [0.15, 0.2) is 18.3 Å². The van der Waals surface area contributed by atoms with Crippen molar-refractivity contribution >= 4 is 17.2 Å². The fourth-order valence-corrected chi connectivity index (χ4v) is 2.04. The number of aryl methyl sites for hydroxylation is 1. The van der Waals surface area contributed by atoms with Crippen molar-refractivity contribution in [2.75, 3.05) is 0 Å². The Hall–Kier alpha value is -0.820. The molecule has 1 aromatic heterocycles. The Bertz CT molecular complexity index is 378. The van der Waals surface area contributed by atoms with Crippen molar-refractivity contribution in [1.82, 2.24) is 4.98 Å². The van der Waals surface area contributed by atoms with Gasteiger partial charge in [-0.2, -0.15) is 0 Å². The molecule has 1 aromatic rings. The minimum absolute atomic E-state index is 0.581. The molecule has 14 heavy (non-hydrogen) atoms. The molecule has 1 saturated carbocycles. The van der Waals surface area contributed by atoms with E-state index >= 15 is 0 Å². The summed E-state index contributed by atoms with van der Waals surface area (Å²) in [4.78, 5) is 4.14. The first kappa shape index (κ1) is 9.72. The number of aromatic nitrogens is 1. The molecule has 0 saturated heterocycles. The van der Waals surface area contributed by atoms with Crippen LogP contribution in [-0.2, 0) is 0 Å². The summed E-state index contributed by atoms with van der Waals surface area (Å²) in [5.74, 6) is 0.765. The molecule has 0 aromatic carbocycles. The van der Waals surface area contributed by atoms with Gasteiger partial charge in [0.1, 0.15) is 5.15 Å². The molecule has 0 N–H and O–H groups in total. The van der Waals surface area contributed by atoms with Crippen LogP contribution in [0.3, 0.4) is 0 Å². The van der Waals surface area contributed by atoms with Crippen LogP contribution in [0.25, 0.3) is 5.57 Å². The molecule has 74 valence electrons. The molecule has 0 radical (unpaired) electrons. The molecule has 1 fully saturated rings. The third-order valence-electron chi connectivity index (χ3n) is 2.72. The minimum Gasteiger partial charge on any atom is -0.244 e. The molecule has 1 nitrogen and oxygen atoms in total. The van der Waals surface area contributed by atoms with E-state index < -0.39 is 0 Å². The Labute approximate surface area is 89.8 Å². The molecule has 1 aliphatic rings. The zero-order valence-electron chi connectivity index (χ0n) is 8.55. The van der Waals surface area contributed by atoms with E-state index in [1.54, 1.807) is 0 Å². The van der Waals surface area contributed by atoms with E-state index in [0.717, 1.165) is 5.92 Å². The van der Waals surface area contributed by atoms with Crippen LogP contribution in [0.2, 0.25) is 5.15 Å². The first-order chi connectivity index (χ1) is 6.72. The topological polar surface area (TPSA) is 12.9 Å². The molecule has 1 heterocycles. The monoisotopic (exact) mass is 207 g/mol. The van der Waals surface area contributed by atoms with Gasteiger partial charge in [0, 0.05) is 6.20 Å².